The number of hydrogen-bond acceptors (Lipinski definition) is 8. The number of aromatic nitrogens is 6. The number of benzene rings is 15. The Morgan fingerprint density at radius 3 is 0.596 bits per heavy atom. The molecule has 8 heteroatoms. The summed E-state index contributed by atoms with van der Waals surface area (Å²) in [5.41, 5.74) is 22.6. The monoisotopic (exact) mass is 1360 g/mol. The standard InChI is InChI=1S/C51H33N3S.C45H29N3S/c1-4-14-34(15-5-1)35-28-30-36(31-29-35)39-20-10-21-40(32-39)43-24-12-26-45-46-27-13-25-44(48(46)55-47(43)45)41-22-11-23-42(33-41)51-53-49(37-16-6-2-7-17-37)52-50(54-51)38-18-8-3-9-19-38;1-4-14-30(15-5-1)33-20-10-21-34(28-33)37-24-12-26-39-40-27-13-25-38(42(40)49-41(37)39)35-22-11-23-36(29-35)45-47-43(31-16-6-2-7-17-31)46-44(48-45)32-18-8-3-9-19-32/h1-33H;1-29H. The second kappa shape index (κ2) is 28.1. The maximum Gasteiger partial charge on any atom is 0.164 e. The van der Waals surface area contributed by atoms with Crippen LogP contribution in [0.2, 0.25) is 0 Å². The average molecular weight is 1360 g/mol. The summed E-state index contributed by atoms with van der Waals surface area (Å²) in [4.78, 5) is 29.8. The molecular formula is C96H62N6S2. The van der Waals surface area contributed by atoms with Gasteiger partial charge < -0.3 is 0 Å². The van der Waals surface area contributed by atoms with Gasteiger partial charge in [-0.1, -0.05) is 352 Å². The van der Waals surface area contributed by atoms with Crippen molar-refractivity contribution in [1.29, 1.82) is 0 Å². The molecule has 104 heavy (non-hydrogen) atoms. The van der Waals surface area contributed by atoms with Crippen LogP contribution >= 0.6 is 22.7 Å². The highest BCUT2D eigenvalue weighted by atomic mass is 32.1. The Kier molecular flexibility index (Phi) is 17.0. The lowest BCUT2D eigenvalue weighted by atomic mass is 9.96. The summed E-state index contributed by atoms with van der Waals surface area (Å²) < 4.78 is 5.12. The van der Waals surface area contributed by atoms with Gasteiger partial charge >= 0.3 is 0 Å². The minimum Gasteiger partial charge on any atom is -0.208 e. The van der Waals surface area contributed by atoms with Crippen molar-refractivity contribution in [2.75, 3.05) is 0 Å². The molecule has 0 bridgehead atoms. The highest BCUT2D eigenvalue weighted by Gasteiger charge is 2.20. The molecule has 0 unspecified atom stereocenters. The van der Waals surface area contributed by atoms with E-state index >= 15 is 0 Å². The zero-order valence-corrected chi connectivity index (χ0v) is 57.9. The van der Waals surface area contributed by atoms with E-state index in [4.69, 9.17) is 29.9 Å². The van der Waals surface area contributed by atoms with Crippen LogP contribution in [-0.4, -0.2) is 29.9 Å². The molecule has 4 heterocycles. The fraction of sp³-hybridized carbons (Fsp3) is 0. The third-order valence-corrected chi connectivity index (χ3v) is 21.7. The molecule has 0 atom stereocenters. The first-order valence-corrected chi connectivity index (χ1v) is 36.4. The van der Waals surface area contributed by atoms with Crippen LogP contribution in [0.25, 0.3) is 187 Å². The summed E-state index contributed by atoms with van der Waals surface area (Å²) in [7, 11) is 0. The van der Waals surface area contributed by atoms with E-state index in [2.05, 4.69) is 255 Å². The average Bonchev–Trinajstić information content (AvgIpc) is 1.62. The van der Waals surface area contributed by atoms with E-state index in [-0.39, 0.29) is 0 Å². The van der Waals surface area contributed by atoms with Crippen LogP contribution in [0.1, 0.15) is 0 Å². The lowest BCUT2D eigenvalue weighted by Gasteiger charge is -2.10. The largest absolute Gasteiger partial charge is 0.208 e. The Morgan fingerprint density at radius 2 is 0.317 bits per heavy atom. The Hall–Kier alpha value is -13.2. The van der Waals surface area contributed by atoms with Gasteiger partial charge in [-0.25, -0.2) is 29.9 Å². The molecule has 0 fully saturated rings. The van der Waals surface area contributed by atoms with Crippen LogP contribution in [0.5, 0.6) is 0 Å². The second-order valence-corrected chi connectivity index (χ2v) is 27.7. The Balaban J connectivity index is 0.000000149. The van der Waals surface area contributed by atoms with E-state index in [0.717, 1.165) is 44.5 Å². The Morgan fingerprint density at radius 1 is 0.135 bits per heavy atom. The van der Waals surface area contributed by atoms with Gasteiger partial charge in [-0.2, -0.15) is 0 Å². The summed E-state index contributed by atoms with van der Waals surface area (Å²) >= 11 is 3.73. The minimum absolute atomic E-state index is 0.648. The first-order valence-electron chi connectivity index (χ1n) is 34.8. The zero-order chi connectivity index (χ0) is 69.1. The maximum absolute atomic E-state index is 5.00. The molecule has 0 spiro atoms. The van der Waals surface area contributed by atoms with Gasteiger partial charge in [-0.05, 0) is 102 Å². The molecule has 6 nitrogen and oxygen atoms in total. The number of rotatable bonds is 13. The van der Waals surface area contributed by atoms with E-state index in [1.165, 1.54) is 107 Å². The molecule has 19 aromatic rings. The lowest BCUT2D eigenvalue weighted by Crippen LogP contribution is -2.00. The first kappa shape index (κ1) is 63.0. The van der Waals surface area contributed by atoms with Crippen LogP contribution in [-0.2, 0) is 0 Å². The van der Waals surface area contributed by atoms with E-state index < -0.39 is 0 Å². The molecule has 0 N–H and O–H groups in total. The van der Waals surface area contributed by atoms with Crippen molar-refractivity contribution in [3.63, 3.8) is 0 Å². The number of fused-ring (bicyclic) bond motifs is 6. The van der Waals surface area contributed by atoms with Crippen molar-refractivity contribution in [3.05, 3.63) is 376 Å². The van der Waals surface area contributed by atoms with Crippen LogP contribution in [0.15, 0.2) is 376 Å². The molecule has 0 saturated heterocycles. The van der Waals surface area contributed by atoms with Gasteiger partial charge in [0.1, 0.15) is 0 Å². The predicted molar refractivity (Wildman–Crippen MR) is 436 cm³/mol. The number of thiophene rings is 2. The van der Waals surface area contributed by atoms with Crippen LogP contribution < -0.4 is 0 Å². The number of nitrogens with zero attached hydrogens (tertiary/aromatic N) is 6. The topological polar surface area (TPSA) is 77.3 Å². The SMILES string of the molecule is c1ccc(-c2ccc(-c3cccc(-c4cccc5c4sc4c(-c6cccc(-c7nc(-c8ccccc8)nc(-c8ccccc8)n7)c6)cccc45)c3)cc2)cc1.c1ccc(-c2cccc(-c3cccc4c3sc3c(-c5cccc(-c6nc(-c7ccccc7)nc(-c7ccccc7)n6)c5)cccc34)c2)cc1. The lowest BCUT2D eigenvalue weighted by molar-refractivity contribution is 1.07. The quantitative estimate of drug-likeness (QED) is 0.114. The van der Waals surface area contributed by atoms with Gasteiger partial charge in [0.05, 0.1) is 0 Å². The molecule has 0 radical (unpaired) electrons. The normalized spacial score (nSPS) is 11.3. The summed E-state index contributed by atoms with van der Waals surface area (Å²) in [6.45, 7) is 0. The van der Waals surface area contributed by atoms with Gasteiger partial charge in [0.25, 0.3) is 0 Å². The van der Waals surface area contributed by atoms with Gasteiger partial charge in [-0.15, -0.1) is 22.7 Å². The summed E-state index contributed by atoms with van der Waals surface area (Å²) in [6.07, 6.45) is 0. The van der Waals surface area contributed by atoms with Gasteiger partial charge in [0.2, 0.25) is 0 Å². The first-order chi connectivity index (χ1) is 51.5. The van der Waals surface area contributed by atoms with Crippen molar-refractivity contribution in [2.45, 2.75) is 0 Å². The fourth-order valence-corrected chi connectivity index (χ4v) is 16.7. The Labute approximate surface area is 611 Å². The summed E-state index contributed by atoms with van der Waals surface area (Å²) in [5.74, 6) is 3.92. The van der Waals surface area contributed by atoms with E-state index in [1.54, 1.807) is 0 Å². The van der Waals surface area contributed by atoms with Crippen LogP contribution in [0.4, 0.5) is 0 Å². The molecule has 0 aliphatic heterocycles. The zero-order valence-electron chi connectivity index (χ0n) is 56.3. The van der Waals surface area contributed by atoms with Crippen molar-refractivity contribution in [3.8, 4) is 146 Å². The van der Waals surface area contributed by atoms with Gasteiger partial charge in [0.15, 0.2) is 34.9 Å². The Bertz CT molecular complexity index is 6210. The smallest absolute Gasteiger partial charge is 0.164 e. The second-order valence-electron chi connectivity index (χ2n) is 25.6. The molecule has 4 aromatic heterocycles. The summed E-state index contributed by atoms with van der Waals surface area (Å²) in [5, 5.41) is 5.07. The molecule has 0 aliphatic carbocycles. The van der Waals surface area contributed by atoms with Crippen molar-refractivity contribution in [1.82, 2.24) is 29.9 Å². The van der Waals surface area contributed by atoms with E-state index in [0.29, 0.717) is 34.9 Å². The molecule has 0 aliphatic rings. The predicted octanol–water partition coefficient (Wildman–Crippen LogP) is 26.2. The molecule has 15 aromatic carbocycles. The van der Waals surface area contributed by atoms with Crippen molar-refractivity contribution < 1.29 is 0 Å². The fourth-order valence-electron chi connectivity index (χ4n) is 13.9. The van der Waals surface area contributed by atoms with Crippen LogP contribution in [0.3, 0.4) is 0 Å². The van der Waals surface area contributed by atoms with E-state index in [9.17, 15) is 0 Å². The molecule has 0 saturated carbocycles. The van der Waals surface area contributed by atoms with Gasteiger partial charge in [0, 0.05) is 73.7 Å². The molecule has 0 amide bonds. The maximum atomic E-state index is 5.00. The third-order valence-electron chi connectivity index (χ3n) is 19.1. The number of hydrogen-bond donors (Lipinski definition) is 0. The molecule has 19 rings (SSSR count). The van der Waals surface area contributed by atoms with Gasteiger partial charge in [-0.3, -0.25) is 0 Å². The molecular weight excluding hydrogens is 1300 g/mol. The minimum atomic E-state index is 0.648. The highest BCUT2D eigenvalue weighted by molar-refractivity contribution is 7.27. The third kappa shape index (κ3) is 12.6. The van der Waals surface area contributed by atoms with Crippen molar-refractivity contribution in [2.24, 2.45) is 0 Å². The highest BCUT2D eigenvalue weighted by Crippen LogP contribution is 2.47. The molecule has 488 valence electrons. The van der Waals surface area contributed by atoms with Crippen molar-refractivity contribution >= 4 is 63.0 Å². The van der Waals surface area contributed by atoms with Crippen LogP contribution in [0, 0.1) is 0 Å². The summed E-state index contributed by atoms with van der Waals surface area (Å²) in [6, 6.07) is 132. The van der Waals surface area contributed by atoms with E-state index in [1.807, 2.05) is 144 Å².